The molecule has 0 aliphatic carbocycles. The van der Waals surface area contributed by atoms with E-state index in [0.717, 1.165) is 0 Å². The van der Waals surface area contributed by atoms with Crippen molar-refractivity contribution in [2.24, 2.45) is 16.5 Å². The lowest BCUT2D eigenvalue weighted by molar-refractivity contribution is -0.137. The minimum atomic E-state index is -0.977. The van der Waals surface area contributed by atoms with E-state index in [4.69, 9.17) is 21.3 Å². The van der Waals surface area contributed by atoms with E-state index in [-0.39, 0.29) is 24.7 Å². The molecule has 1 amide bonds. The van der Waals surface area contributed by atoms with Crippen molar-refractivity contribution in [3.63, 3.8) is 0 Å². The molecular formula is C20H22N4O5. The SMILES string of the molecule is C[C@H](CC(=O)O)NC(=O)Cc1ccc(OC(=O)c2ccc(N=C(N)N)cc2)cc1. The lowest BCUT2D eigenvalue weighted by Crippen LogP contribution is -2.35. The van der Waals surface area contributed by atoms with E-state index in [1.54, 1.807) is 55.5 Å². The molecular weight excluding hydrogens is 376 g/mol. The number of esters is 1. The predicted molar refractivity (Wildman–Crippen MR) is 107 cm³/mol. The van der Waals surface area contributed by atoms with Crippen LogP contribution in [0.15, 0.2) is 53.5 Å². The van der Waals surface area contributed by atoms with E-state index in [1.165, 1.54) is 0 Å². The first-order valence-electron chi connectivity index (χ1n) is 8.75. The van der Waals surface area contributed by atoms with Crippen molar-refractivity contribution >= 4 is 29.5 Å². The quantitative estimate of drug-likeness (QED) is 0.226. The number of aliphatic imine (C=N–C) groups is 1. The van der Waals surface area contributed by atoms with Crippen LogP contribution in [-0.4, -0.2) is 35.0 Å². The van der Waals surface area contributed by atoms with Crippen LogP contribution in [0.3, 0.4) is 0 Å². The monoisotopic (exact) mass is 398 g/mol. The lowest BCUT2D eigenvalue weighted by atomic mass is 10.1. The first-order chi connectivity index (χ1) is 13.7. The molecule has 0 fully saturated rings. The van der Waals surface area contributed by atoms with Gasteiger partial charge in [0.15, 0.2) is 5.96 Å². The number of carbonyl (C=O) groups is 3. The van der Waals surface area contributed by atoms with Crippen molar-refractivity contribution in [2.45, 2.75) is 25.8 Å². The van der Waals surface area contributed by atoms with Crippen LogP contribution in [0.4, 0.5) is 5.69 Å². The number of hydrogen-bond donors (Lipinski definition) is 4. The zero-order chi connectivity index (χ0) is 21.4. The first-order valence-corrected chi connectivity index (χ1v) is 8.75. The number of guanidine groups is 1. The second kappa shape index (κ2) is 9.88. The second-order valence-electron chi connectivity index (χ2n) is 6.36. The van der Waals surface area contributed by atoms with Gasteiger partial charge in [-0.15, -0.1) is 0 Å². The van der Waals surface area contributed by atoms with E-state index in [0.29, 0.717) is 22.6 Å². The van der Waals surface area contributed by atoms with Crippen molar-refractivity contribution in [1.82, 2.24) is 5.32 Å². The predicted octanol–water partition coefficient (Wildman–Crippen LogP) is 1.33. The molecule has 6 N–H and O–H groups in total. The van der Waals surface area contributed by atoms with Crippen molar-refractivity contribution < 1.29 is 24.2 Å². The summed E-state index contributed by atoms with van der Waals surface area (Å²) < 4.78 is 5.30. The molecule has 0 heterocycles. The molecule has 0 aromatic heterocycles. The number of amides is 1. The number of hydrogen-bond acceptors (Lipinski definition) is 5. The third-order valence-electron chi connectivity index (χ3n) is 3.75. The molecule has 0 spiro atoms. The fourth-order valence-corrected chi connectivity index (χ4v) is 2.49. The maximum Gasteiger partial charge on any atom is 0.343 e. The molecule has 0 saturated heterocycles. The number of carbonyl (C=O) groups excluding carboxylic acids is 2. The van der Waals surface area contributed by atoms with Crippen molar-refractivity contribution in [3.8, 4) is 5.75 Å². The van der Waals surface area contributed by atoms with Gasteiger partial charge in [0.2, 0.25) is 5.91 Å². The van der Waals surface area contributed by atoms with Crippen LogP contribution >= 0.6 is 0 Å². The summed E-state index contributed by atoms with van der Waals surface area (Å²) in [6.45, 7) is 1.62. The zero-order valence-electron chi connectivity index (χ0n) is 15.8. The number of carboxylic acids is 1. The topological polar surface area (TPSA) is 157 Å². The highest BCUT2D eigenvalue weighted by Gasteiger charge is 2.12. The summed E-state index contributed by atoms with van der Waals surface area (Å²) >= 11 is 0. The van der Waals surface area contributed by atoms with E-state index in [9.17, 15) is 14.4 Å². The molecule has 0 radical (unpaired) electrons. The standard InChI is InChI=1S/C20H22N4O5/c1-12(10-18(26)27)23-17(25)11-13-2-8-16(9-3-13)29-19(28)14-4-6-15(7-5-14)24-20(21)22/h2-9,12H,10-11H2,1H3,(H,23,25)(H,26,27)(H4,21,22,24)/t12-/m1/s1. The van der Waals surface area contributed by atoms with Crippen LogP contribution in [0, 0.1) is 0 Å². The number of nitrogens with two attached hydrogens (primary N) is 2. The third-order valence-corrected chi connectivity index (χ3v) is 3.75. The summed E-state index contributed by atoms with van der Waals surface area (Å²) in [6, 6.07) is 12.3. The van der Waals surface area contributed by atoms with Crippen molar-refractivity contribution in [2.75, 3.05) is 0 Å². The Balaban J connectivity index is 1.91. The fourth-order valence-electron chi connectivity index (χ4n) is 2.49. The molecule has 0 aliphatic heterocycles. The minimum absolute atomic E-state index is 0.0783. The molecule has 9 nitrogen and oxygen atoms in total. The number of nitrogens with zero attached hydrogens (tertiary/aromatic N) is 1. The molecule has 9 heteroatoms. The van der Waals surface area contributed by atoms with E-state index < -0.39 is 18.0 Å². The van der Waals surface area contributed by atoms with Gasteiger partial charge >= 0.3 is 11.9 Å². The van der Waals surface area contributed by atoms with Crippen LogP contribution in [0.1, 0.15) is 29.3 Å². The molecule has 1 atom stereocenters. The van der Waals surface area contributed by atoms with Crippen LogP contribution in [0.25, 0.3) is 0 Å². The Morgan fingerprint density at radius 2 is 1.69 bits per heavy atom. The largest absolute Gasteiger partial charge is 0.481 e. The normalized spacial score (nSPS) is 11.2. The van der Waals surface area contributed by atoms with Gasteiger partial charge in [0.1, 0.15) is 5.75 Å². The van der Waals surface area contributed by atoms with Gasteiger partial charge in [-0.2, -0.15) is 0 Å². The Morgan fingerprint density at radius 1 is 1.07 bits per heavy atom. The maximum atomic E-state index is 12.2. The Bertz CT molecular complexity index is 903. The number of aliphatic carboxylic acids is 1. The summed E-state index contributed by atoms with van der Waals surface area (Å²) in [7, 11) is 0. The molecule has 2 rings (SSSR count). The molecule has 0 unspecified atom stereocenters. The zero-order valence-corrected chi connectivity index (χ0v) is 15.8. The van der Waals surface area contributed by atoms with Crippen LogP contribution < -0.4 is 21.5 Å². The van der Waals surface area contributed by atoms with Crippen molar-refractivity contribution in [3.05, 3.63) is 59.7 Å². The van der Waals surface area contributed by atoms with E-state index >= 15 is 0 Å². The van der Waals surface area contributed by atoms with Crippen LogP contribution in [0.5, 0.6) is 5.75 Å². The summed E-state index contributed by atoms with van der Waals surface area (Å²) in [5.74, 6) is -1.56. The van der Waals surface area contributed by atoms with Gasteiger partial charge in [-0.25, -0.2) is 9.79 Å². The van der Waals surface area contributed by atoms with E-state index in [2.05, 4.69) is 10.3 Å². The Labute approximate surface area is 167 Å². The highest BCUT2D eigenvalue weighted by molar-refractivity contribution is 5.91. The fraction of sp³-hybridized carbons (Fsp3) is 0.200. The van der Waals surface area contributed by atoms with Gasteiger partial charge in [0.25, 0.3) is 0 Å². The minimum Gasteiger partial charge on any atom is -0.481 e. The summed E-state index contributed by atoms with van der Waals surface area (Å²) in [6.07, 6.45) is -0.0575. The van der Waals surface area contributed by atoms with Crippen LogP contribution in [0.2, 0.25) is 0 Å². The Morgan fingerprint density at radius 3 is 2.24 bits per heavy atom. The number of ether oxygens (including phenoxy) is 1. The maximum absolute atomic E-state index is 12.2. The Hall–Kier alpha value is -3.88. The van der Waals surface area contributed by atoms with Gasteiger partial charge in [-0.05, 0) is 48.9 Å². The van der Waals surface area contributed by atoms with Gasteiger partial charge in [0, 0.05) is 6.04 Å². The summed E-state index contributed by atoms with van der Waals surface area (Å²) in [5.41, 5.74) is 12.1. The molecule has 0 saturated carbocycles. The van der Waals surface area contributed by atoms with Crippen molar-refractivity contribution in [1.29, 1.82) is 0 Å². The number of rotatable bonds is 8. The average molecular weight is 398 g/mol. The van der Waals surface area contributed by atoms with Gasteiger partial charge in [-0.3, -0.25) is 9.59 Å². The van der Waals surface area contributed by atoms with E-state index in [1.807, 2.05) is 0 Å². The van der Waals surface area contributed by atoms with Gasteiger partial charge < -0.3 is 26.6 Å². The Kier molecular flexibility index (Phi) is 7.30. The molecule has 2 aromatic rings. The first kappa shape index (κ1) is 21.4. The van der Waals surface area contributed by atoms with Gasteiger partial charge in [-0.1, -0.05) is 12.1 Å². The molecule has 2 aromatic carbocycles. The average Bonchev–Trinajstić information content (AvgIpc) is 2.62. The lowest BCUT2D eigenvalue weighted by Gasteiger charge is -2.11. The van der Waals surface area contributed by atoms with Crippen LogP contribution in [-0.2, 0) is 16.0 Å². The highest BCUT2D eigenvalue weighted by Crippen LogP contribution is 2.17. The summed E-state index contributed by atoms with van der Waals surface area (Å²) in [5, 5.41) is 11.3. The number of carboxylic acid groups (broad SMARTS) is 1. The molecule has 152 valence electrons. The van der Waals surface area contributed by atoms with Gasteiger partial charge in [0.05, 0.1) is 24.1 Å². The second-order valence-corrected chi connectivity index (χ2v) is 6.36. The smallest absolute Gasteiger partial charge is 0.343 e. The number of benzene rings is 2. The molecule has 0 bridgehead atoms. The number of nitrogens with one attached hydrogen (secondary N) is 1. The molecule has 29 heavy (non-hydrogen) atoms. The highest BCUT2D eigenvalue weighted by atomic mass is 16.5. The molecule has 0 aliphatic rings. The summed E-state index contributed by atoms with van der Waals surface area (Å²) in [4.78, 5) is 38.6. The third kappa shape index (κ3) is 7.33.